The van der Waals surface area contributed by atoms with E-state index in [0.717, 1.165) is 5.56 Å². The monoisotopic (exact) mass is 390 g/mol. The summed E-state index contributed by atoms with van der Waals surface area (Å²) < 4.78 is 28.5. The van der Waals surface area contributed by atoms with Gasteiger partial charge in [0.15, 0.2) is 21.3 Å². The minimum Gasteiger partial charge on any atom is -0.495 e. The van der Waals surface area contributed by atoms with E-state index in [2.05, 4.69) is 15.5 Å². The largest absolute Gasteiger partial charge is 0.495 e. The summed E-state index contributed by atoms with van der Waals surface area (Å²) in [6.45, 7) is 1.92. The van der Waals surface area contributed by atoms with Crippen LogP contribution in [0.3, 0.4) is 0 Å². The highest BCUT2D eigenvalue weighted by Gasteiger charge is 2.31. The van der Waals surface area contributed by atoms with Crippen LogP contribution in [-0.2, 0) is 9.84 Å². The minimum atomic E-state index is -2.98. The molecule has 1 atom stereocenters. The van der Waals surface area contributed by atoms with Crippen molar-refractivity contribution in [2.24, 2.45) is 0 Å². The lowest BCUT2D eigenvalue weighted by Crippen LogP contribution is -2.33. The van der Waals surface area contributed by atoms with E-state index in [-0.39, 0.29) is 23.2 Å². The third-order valence-electron chi connectivity index (χ3n) is 4.60. The van der Waals surface area contributed by atoms with Crippen LogP contribution >= 0.6 is 0 Å². The fourth-order valence-corrected chi connectivity index (χ4v) is 4.78. The molecule has 1 saturated heterocycles. The molecular formula is C18H22N4O4S. The van der Waals surface area contributed by atoms with E-state index >= 15 is 0 Å². The number of methoxy groups -OCH3 is 1. The predicted molar refractivity (Wildman–Crippen MR) is 103 cm³/mol. The molecule has 1 aromatic carbocycles. The lowest BCUT2D eigenvalue weighted by molar-refractivity contribution is 0.102. The van der Waals surface area contributed by atoms with Crippen LogP contribution in [0.25, 0.3) is 0 Å². The molecule has 1 amide bonds. The van der Waals surface area contributed by atoms with Crippen molar-refractivity contribution in [2.75, 3.05) is 35.9 Å². The molecule has 0 aliphatic carbocycles. The average Bonchev–Trinajstić information content (AvgIpc) is 3.01. The highest BCUT2D eigenvalue weighted by molar-refractivity contribution is 7.91. The first-order valence-corrected chi connectivity index (χ1v) is 10.3. The second-order valence-electron chi connectivity index (χ2n) is 6.60. The number of nitrogens with zero attached hydrogens (tertiary/aromatic N) is 3. The Labute approximate surface area is 158 Å². The van der Waals surface area contributed by atoms with Gasteiger partial charge in [0.25, 0.3) is 5.91 Å². The maximum atomic E-state index is 12.5. The average molecular weight is 390 g/mol. The molecule has 27 heavy (non-hydrogen) atoms. The van der Waals surface area contributed by atoms with E-state index in [9.17, 15) is 13.2 Å². The standard InChI is InChI=1S/C18H22N4O4S/c1-12-4-6-16(26-3)15(10-12)19-18(23)14-5-7-17(21-20-14)22(2)13-8-9-27(24,25)11-13/h4-7,10,13H,8-9,11H2,1-3H3,(H,19,23). The Morgan fingerprint density at radius 2 is 2.04 bits per heavy atom. The summed E-state index contributed by atoms with van der Waals surface area (Å²) in [6.07, 6.45) is 0.565. The Bertz CT molecular complexity index is 944. The normalized spacial score (nSPS) is 18.1. The van der Waals surface area contributed by atoms with Gasteiger partial charge in [-0.2, -0.15) is 0 Å². The highest BCUT2D eigenvalue weighted by Crippen LogP contribution is 2.26. The third-order valence-corrected chi connectivity index (χ3v) is 6.35. The molecule has 144 valence electrons. The van der Waals surface area contributed by atoms with Crippen LogP contribution in [0.5, 0.6) is 5.75 Å². The SMILES string of the molecule is COc1ccc(C)cc1NC(=O)c1ccc(N(C)C2CCS(=O)(=O)C2)nn1. The molecule has 2 heterocycles. The molecule has 1 fully saturated rings. The number of amides is 1. The van der Waals surface area contributed by atoms with Crippen molar-refractivity contribution in [2.45, 2.75) is 19.4 Å². The van der Waals surface area contributed by atoms with Crippen LogP contribution in [0.1, 0.15) is 22.5 Å². The summed E-state index contributed by atoms with van der Waals surface area (Å²) in [6, 6.07) is 8.60. The van der Waals surface area contributed by atoms with Gasteiger partial charge in [-0.1, -0.05) is 6.07 Å². The van der Waals surface area contributed by atoms with Crippen molar-refractivity contribution in [3.05, 3.63) is 41.6 Å². The van der Waals surface area contributed by atoms with Crippen LogP contribution in [0, 0.1) is 6.92 Å². The van der Waals surface area contributed by atoms with E-state index in [0.29, 0.717) is 23.7 Å². The predicted octanol–water partition coefficient (Wildman–Crippen LogP) is 1.67. The summed E-state index contributed by atoms with van der Waals surface area (Å²) in [5.74, 6) is 0.987. The number of sulfone groups is 1. The van der Waals surface area contributed by atoms with Gasteiger partial charge < -0.3 is 15.0 Å². The number of carbonyl (C=O) groups is 1. The van der Waals surface area contributed by atoms with Crippen molar-refractivity contribution < 1.29 is 17.9 Å². The second-order valence-corrected chi connectivity index (χ2v) is 8.83. The molecule has 1 aliphatic rings. The molecule has 1 aromatic heterocycles. The number of hydrogen-bond donors (Lipinski definition) is 1. The van der Waals surface area contributed by atoms with Gasteiger partial charge in [0, 0.05) is 13.1 Å². The van der Waals surface area contributed by atoms with Gasteiger partial charge in [-0.15, -0.1) is 10.2 Å². The first kappa shape index (κ1) is 19.1. The second kappa shape index (κ2) is 7.51. The maximum Gasteiger partial charge on any atom is 0.276 e. The first-order valence-electron chi connectivity index (χ1n) is 8.52. The zero-order valence-electron chi connectivity index (χ0n) is 15.5. The number of rotatable bonds is 5. The Kier molecular flexibility index (Phi) is 5.31. The van der Waals surface area contributed by atoms with Gasteiger partial charge >= 0.3 is 0 Å². The van der Waals surface area contributed by atoms with E-state index in [4.69, 9.17) is 4.74 Å². The molecule has 8 nitrogen and oxygen atoms in total. The molecular weight excluding hydrogens is 368 g/mol. The number of benzene rings is 1. The van der Waals surface area contributed by atoms with Crippen molar-refractivity contribution in [3.63, 3.8) is 0 Å². The zero-order valence-corrected chi connectivity index (χ0v) is 16.3. The number of carbonyl (C=O) groups excluding carboxylic acids is 1. The molecule has 0 spiro atoms. The smallest absolute Gasteiger partial charge is 0.276 e. The van der Waals surface area contributed by atoms with Crippen molar-refractivity contribution in [1.29, 1.82) is 0 Å². The fourth-order valence-electron chi connectivity index (χ4n) is 3.01. The Balaban J connectivity index is 1.72. The first-order chi connectivity index (χ1) is 12.8. The van der Waals surface area contributed by atoms with Crippen LogP contribution < -0.4 is 15.0 Å². The summed E-state index contributed by atoms with van der Waals surface area (Å²) in [5, 5.41) is 10.8. The van der Waals surface area contributed by atoms with Crippen molar-refractivity contribution in [1.82, 2.24) is 10.2 Å². The number of aryl methyl sites for hydroxylation is 1. The van der Waals surface area contributed by atoms with E-state index in [1.807, 2.05) is 19.1 Å². The number of anilines is 2. The highest BCUT2D eigenvalue weighted by atomic mass is 32.2. The number of aromatic nitrogens is 2. The molecule has 0 bridgehead atoms. The van der Waals surface area contributed by atoms with Gasteiger partial charge in [0.1, 0.15) is 5.75 Å². The van der Waals surface area contributed by atoms with E-state index < -0.39 is 15.7 Å². The summed E-state index contributed by atoms with van der Waals surface area (Å²) in [4.78, 5) is 14.2. The van der Waals surface area contributed by atoms with Gasteiger partial charge in [0.2, 0.25) is 0 Å². The fraction of sp³-hybridized carbons (Fsp3) is 0.389. The topological polar surface area (TPSA) is 101 Å². The van der Waals surface area contributed by atoms with E-state index in [1.54, 1.807) is 30.1 Å². The number of ether oxygens (including phenoxy) is 1. The van der Waals surface area contributed by atoms with Crippen LogP contribution in [0.2, 0.25) is 0 Å². The van der Waals surface area contributed by atoms with Crippen LogP contribution in [-0.4, -0.2) is 56.2 Å². The Morgan fingerprint density at radius 1 is 1.26 bits per heavy atom. The maximum absolute atomic E-state index is 12.5. The van der Waals surface area contributed by atoms with Gasteiger partial charge in [0.05, 0.1) is 24.3 Å². The van der Waals surface area contributed by atoms with Gasteiger partial charge in [-0.3, -0.25) is 4.79 Å². The quantitative estimate of drug-likeness (QED) is 0.828. The van der Waals surface area contributed by atoms with Crippen molar-refractivity contribution >= 4 is 27.2 Å². The molecule has 1 aliphatic heterocycles. The van der Waals surface area contributed by atoms with Crippen molar-refractivity contribution in [3.8, 4) is 5.75 Å². The molecule has 1 N–H and O–H groups in total. The summed E-state index contributed by atoms with van der Waals surface area (Å²) in [5.41, 5.74) is 1.71. The number of nitrogens with one attached hydrogen (secondary N) is 1. The molecule has 3 rings (SSSR count). The minimum absolute atomic E-state index is 0.112. The summed E-state index contributed by atoms with van der Waals surface area (Å²) in [7, 11) is 0.340. The van der Waals surface area contributed by atoms with Crippen LogP contribution in [0.15, 0.2) is 30.3 Å². The Hall–Kier alpha value is -2.68. The van der Waals surface area contributed by atoms with E-state index in [1.165, 1.54) is 7.11 Å². The third kappa shape index (κ3) is 4.36. The van der Waals surface area contributed by atoms with Gasteiger partial charge in [-0.25, -0.2) is 8.42 Å². The lowest BCUT2D eigenvalue weighted by Gasteiger charge is -2.23. The lowest BCUT2D eigenvalue weighted by atomic mass is 10.2. The summed E-state index contributed by atoms with van der Waals surface area (Å²) >= 11 is 0. The zero-order chi connectivity index (χ0) is 19.6. The molecule has 1 unspecified atom stereocenters. The molecule has 0 saturated carbocycles. The molecule has 9 heteroatoms. The molecule has 0 radical (unpaired) electrons. The van der Waals surface area contributed by atoms with Crippen LogP contribution in [0.4, 0.5) is 11.5 Å². The molecule has 2 aromatic rings. The Morgan fingerprint density at radius 3 is 2.63 bits per heavy atom. The van der Waals surface area contributed by atoms with Gasteiger partial charge in [-0.05, 0) is 43.2 Å². The number of hydrogen-bond acceptors (Lipinski definition) is 7.